The number of rotatable bonds is 10. The second-order valence-corrected chi connectivity index (χ2v) is 11.0. The van der Waals surface area contributed by atoms with Gasteiger partial charge in [0.1, 0.15) is 12.1 Å². The molecule has 1 N–H and O–H groups in total. The van der Waals surface area contributed by atoms with Crippen LogP contribution in [-0.4, -0.2) is 59.4 Å². The van der Waals surface area contributed by atoms with Gasteiger partial charge in [0.2, 0.25) is 11.8 Å². The number of hydrogen-bond acceptors (Lipinski definition) is 4. The van der Waals surface area contributed by atoms with Crippen molar-refractivity contribution < 1.29 is 27.6 Å². The number of alkyl halides is 3. The first kappa shape index (κ1) is 30.4. The molecule has 1 spiro atoms. The molecule has 41 heavy (non-hydrogen) atoms. The van der Waals surface area contributed by atoms with E-state index in [0.717, 1.165) is 43.5 Å². The number of nitrogens with one attached hydrogen (secondary N) is 1. The van der Waals surface area contributed by atoms with E-state index in [1.807, 2.05) is 47.1 Å². The Hall–Kier alpha value is -3.56. The average molecular weight is 573 g/mol. The Labute approximate surface area is 239 Å². The maximum absolute atomic E-state index is 13.9. The molecule has 0 radical (unpaired) electrons. The van der Waals surface area contributed by atoms with Gasteiger partial charge < -0.3 is 20.0 Å². The zero-order chi connectivity index (χ0) is 29.6. The molecule has 2 heterocycles. The van der Waals surface area contributed by atoms with Gasteiger partial charge in [-0.15, -0.1) is 0 Å². The lowest BCUT2D eigenvalue weighted by Gasteiger charge is -2.44. The van der Waals surface area contributed by atoms with Crippen LogP contribution < -0.4 is 10.2 Å². The number of piperidine rings is 1. The zero-order valence-electron chi connectivity index (χ0n) is 23.8. The van der Waals surface area contributed by atoms with E-state index in [-0.39, 0.29) is 37.5 Å². The maximum atomic E-state index is 13.9. The quantitative estimate of drug-likeness (QED) is 0.425. The van der Waals surface area contributed by atoms with Crippen LogP contribution in [0.1, 0.15) is 63.5 Å². The summed E-state index contributed by atoms with van der Waals surface area (Å²) in [5.41, 5.74) is -0.462. The van der Waals surface area contributed by atoms with Crippen molar-refractivity contribution >= 4 is 23.4 Å². The topological polar surface area (TPSA) is 73.0 Å². The molecule has 4 rings (SSSR count). The van der Waals surface area contributed by atoms with Crippen LogP contribution in [0.5, 0.6) is 0 Å². The lowest BCUT2D eigenvalue weighted by Crippen LogP contribution is -2.58. The van der Waals surface area contributed by atoms with E-state index in [4.69, 9.17) is 0 Å². The molecule has 10 heteroatoms. The molecule has 0 saturated carbocycles. The number of amides is 3. The van der Waals surface area contributed by atoms with Crippen LogP contribution in [0.4, 0.5) is 18.9 Å². The minimum atomic E-state index is -4.47. The fourth-order valence-corrected chi connectivity index (χ4v) is 5.92. The molecule has 2 saturated heterocycles. The third kappa shape index (κ3) is 6.85. The lowest BCUT2D eigenvalue weighted by atomic mass is 9.84. The minimum Gasteiger partial charge on any atom is -0.350 e. The number of carbonyl (C=O) groups excluding carboxylic acids is 3. The van der Waals surface area contributed by atoms with Crippen molar-refractivity contribution in [1.29, 1.82) is 0 Å². The Morgan fingerprint density at radius 3 is 2.37 bits per heavy atom. The SMILES string of the molecule is CCCCC(CC)C(=O)N1CCC2(CC1)C(=O)N(CC(=O)NCc1cccc(C(F)(F)F)c1)CN2c1ccccc1. The van der Waals surface area contributed by atoms with E-state index in [1.54, 1.807) is 0 Å². The normalized spacial score (nSPS) is 17.7. The van der Waals surface area contributed by atoms with Gasteiger partial charge in [-0.1, -0.05) is 57.0 Å². The Bertz CT molecular complexity index is 1210. The lowest BCUT2D eigenvalue weighted by molar-refractivity contribution is -0.142. The van der Waals surface area contributed by atoms with Gasteiger partial charge in [-0.25, -0.2) is 0 Å². The van der Waals surface area contributed by atoms with E-state index < -0.39 is 23.2 Å². The van der Waals surface area contributed by atoms with Crippen LogP contribution >= 0.6 is 0 Å². The number of benzene rings is 2. The molecule has 7 nitrogen and oxygen atoms in total. The summed E-state index contributed by atoms with van der Waals surface area (Å²) in [7, 11) is 0. The van der Waals surface area contributed by atoms with Gasteiger partial charge in [0, 0.05) is 31.2 Å². The van der Waals surface area contributed by atoms with Gasteiger partial charge in [-0.3, -0.25) is 14.4 Å². The molecule has 2 aliphatic heterocycles. The number of hydrogen-bond donors (Lipinski definition) is 1. The average Bonchev–Trinajstić information content (AvgIpc) is 3.23. The van der Waals surface area contributed by atoms with Crippen molar-refractivity contribution in [2.45, 2.75) is 70.6 Å². The summed E-state index contributed by atoms with van der Waals surface area (Å²) >= 11 is 0. The van der Waals surface area contributed by atoms with E-state index in [9.17, 15) is 27.6 Å². The summed E-state index contributed by atoms with van der Waals surface area (Å²) in [6.45, 7) is 5.01. The zero-order valence-corrected chi connectivity index (χ0v) is 23.8. The number of likely N-dealkylation sites (tertiary alicyclic amines) is 1. The van der Waals surface area contributed by atoms with Crippen molar-refractivity contribution in [3.8, 4) is 0 Å². The van der Waals surface area contributed by atoms with Crippen molar-refractivity contribution in [2.24, 2.45) is 5.92 Å². The van der Waals surface area contributed by atoms with Crippen LogP contribution in [0.3, 0.4) is 0 Å². The highest BCUT2D eigenvalue weighted by Crippen LogP contribution is 2.40. The fraction of sp³-hybridized carbons (Fsp3) is 0.516. The van der Waals surface area contributed by atoms with Crippen LogP contribution in [0.2, 0.25) is 0 Å². The van der Waals surface area contributed by atoms with Gasteiger partial charge in [0.15, 0.2) is 0 Å². The highest BCUT2D eigenvalue weighted by molar-refractivity contribution is 5.96. The van der Waals surface area contributed by atoms with E-state index in [2.05, 4.69) is 12.2 Å². The molecule has 2 fully saturated rings. The molecule has 0 bridgehead atoms. The molecule has 0 aromatic heterocycles. The van der Waals surface area contributed by atoms with Gasteiger partial charge in [-0.2, -0.15) is 13.2 Å². The summed E-state index contributed by atoms with van der Waals surface area (Å²) in [6, 6.07) is 14.4. The molecule has 3 amide bonds. The molecule has 222 valence electrons. The van der Waals surface area contributed by atoms with E-state index >= 15 is 0 Å². The summed E-state index contributed by atoms with van der Waals surface area (Å²) in [5.74, 6) is -0.472. The van der Waals surface area contributed by atoms with Crippen molar-refractivity contribution in [1.82, 2.24) is 15.1 Å². The summed E-state index contributed by atoms with van der Waals surface area (Å²) in [5, 5.41) is 2.66. The summed E-state index contributed by atoms with van der Waals surface area (Å²) in [4.78, 5) is 45.4. The standard InChI is InChI=1S/C31H39F3N4O3/c1-3-5-11-24(4-2)28(40)36-17-15-30(16-18-36)29(41)37(22-38(30)26-13-7-6-8-14-26)21-27(39)35-20-23-10-9-12-25(19-23)31(32,33)34/h6-10,12-14,19,24H,3-5,11,15-18,20-22H2,1-2H3,(H,35,39). The van der Waals surface area contributed by atoms with Crippen LogP contribution in [-0.2, 0) is 27.1 Å². The second-order valence-electron chi connectivity index (χ2n) is 11.0. The largest absolute Gasteiger partial charge is 0.416 e. The molecular formula is C31H39F3N4O3. The first-order valence-electron chi connectivity index (χ1n) is 14.4. The molecule has 1 unspecified atom stereocenters. The Morgan fingerprint density at radius 1 is 1.02 bits per heavy atom. The molecule has 1 atom stereocenters. The number of para-hydroxylation sites is 1. The fourth-order valence-electron chi connectivity index (χ4n) is 5.92. The summed E-state index contributed by atoms with van der Waals surface area (Å²) in [6.07, 6.45) is 0.150. The predicted octanol–water partition coefficient (Wildman–Crippen LogP) is 5.21. The Balaban J connectivity index is 1.45. The Morgan fingerprint density at radius 2 is 1.73 bits per heavy atom. The number of nitrogens with zero attached hydrogens (tertiary/aromatic N) is 3. The van der Waals surface area contributed by atoms with Crippen molar-refractivity contribution in [2.75, 3.05) is 31.2 Å². The van der Waals surface area contributed by atoms with Gasteiger partial charge in [0.05, 0.1) is 12.2 Å². The first-order valence-corrected chi connectivity index (χ1v) is 14.4. The minimum absolute atomic E-state index is 0.00877. The molecule has 0 aliphatic carbocycles. The highest BCUT2D eigenvalue weighted by atomic mass is 19.4. The monoisotopic (exact) mass is 572 g/mol. The summed E-state index contributed by atoms with van der Waals surface area (Å²) < 4.78 is 39.1. The first-order chi connectivity index (χ1) is 19.6. The van der Waals surface area contributed by atoms with Gasteiger partial charge in [-0.05, 0) is 55.5 Å². The van der Waals surface area contributed by atoms with E-state index in [0.29, 0.717) is 31.5 Å². The second kappa shape index (κ2) is 13.0. The molecule has 2 aromatic rings. The number of unbranched alkanes of at least 4 members (excludes halogenated alkanes) is 1. The molecule has 2 aliphatic rings. The van der Waals surface area contributed by atoms with Crippen molar-refractivity contribution in [3.63, 3.8) is 0 Å². The van der Waals surface area contributed by atoms with Crippen molar-refractivity contribution in [3.05, 3.63) is 65.7 Å². The highest BCUT2D eigenvalue weighted by Gasteiger charge is 2.54. The van der Waals surface area contributed by atoms with Crippen LogP contribution in [0.15, 0.2) is 54.6 Å². The van der Waals surface area contributed by atoms with Gasteiger partial charge >= 0.3 is 6.18 Å². The Kier molecular flexibility index (Phi) is 9.60. The third-order valence-electron chi connectivity index (χ3n) is 8.31. The van der Waals surface area contributed by atoms with Gasteiger partial charge in [0.25, 0.3) is 5.91 Å². The van der Waals surface area contributed by atoms with E-state index in [1.165, 1.54) is 17.0 Å². The third-order valence-corrected chi connectivity index (χ3v) is 8.31. The molecular weight excluding hydrogens is 533 g/mol. The number of anilines is 1. The smallest absolute Gasteiger partial charge is 0.350 e. The maximum Gasteiger partial charge on any atom is 0.416 e. The van der Waals surface area contributed by atoms with Crippen LogP contribution in [0.25, 0.3) is 0 Å². The predicted molar refractivity (Wildman–Crippen MR) is 151 cm³/mol. The molecule has 2 aromatic carbocycles. The number of carbonyl (C=O) groups is 3. The van der Waals surface area contributed by atoms with Crippen LogP contribution in [0, 0.1) is 5.92 Å². The number of halogens is 3.